The average Bonchev–Trinajstić information content (AvgIpc) is 3.02. The fraction of sp³-hybridized carbons (Fsp3) is 0.421. The number of carbonyl (C=O) groups excluding carboxylic acids is 3. The fourth-order valence-electron chi connectivity index (χ4n) is 2.63. The monoisotopic (exact) mass is 392 g/mol. The predicted molar refractivity (Wildman–Crippen MR) is 103 cm³/mol. The molecule has 0 fully saturated rings. The van der Waals surface area contributed by atoms with Crippen LogP contribution < -0.4 is 10.6 Å². The number of thioether (sulfide) groups is 1. The number of carbonyl (C=O) groups is 3. The van der Waals surface area contributed by atoms with Gasteiger partial charge in [-0.05, 0) is 24.0 Å². The van der Waals surface area contributed by atoms with Crippen LogP contribution in [0.5, 0.6) is 0 Å². The summed E-state index contributed by atoms with van der Waals surface area (Å²) < 4.78 is 10.1. The summed E-state index contributed by atoms with van der Waals surface area (Å²) in [7, 11) is 1.32. The third-order valence-corrected chi connectivity index (χ3v) is 4.67. The smallest absolute Gasteiger partial charge is 0.328 e. The molecule has 0 aliphatic carbocycles. The molecule has 2 atom stereocenters. The molecule has 1 aromatic carbocycles. The molecule has 0 radical (unpaired) electrons. The Balaban J connectivity index is 1.93. The van der Waals surface area contributed by atoms with Gasteiger partial charge in [0.25, 0.3) is 0 Å². The third-order valence-electron chi connectivity index (χ3n) is 4.03. The summed E-state index contributed by atoms with van der Waals surface area (Å²) in [5.74, 6) is -0.399. The van der Waals surface area contributed by atoms with E-state index < -0.39 is 24.0 Å². The standard InChI is InChI=1S/C19H24N2O5S/c1-25-19(24)14(8-9-27-2)20-15-10-17(22)21-16(15)11-18(23)26-12-13-6-4-3-5-7-13/h3-7,10,14,16,20H,8-9,11-12H2,1-2H3,(H,21,22)/t14-,16-/m0/s1. The van der Waals surface area contributed by atoms with Crippen molar-refractivity contribution in [2.45, 2.75) is 31.5 Å². The second kappa shape index (κ2) is 10.6. The first-order chi connectivity index (χ1) is 13.0. The lowest BCUT2D eigenvalue weighted by molar-refractivity contribution is -0.145. The highest BCUT2D eigenvalue weighted by Crippen LogP contribution is 2.15. The summed E-state index contributed by atoms with van der Waals surface area (Å²) in [6, 6.07) is 8.22. The van der Waals surface area contributed by atoms with E-state index in [2.05, 4.69) is 10.6 Å². The number of hydrogen-bond acceptors (Lipinski definition) is 7. The van der Waals surface area contributed by atoms with Crippen LogP contribution in [-0.4, -0.2) is 49.0 Å². The van der Waals surface area contributed by atoms with Crippen LogP contribution in [0, 0.1) is 0 Å². The molecule has 1 aliphatic heterocycles. The molecule has 1 amide bonds. The summed E-state index contributed by atoms with van der Waals surface area (Å²) in [6.45, 7) is 0.172. The molecular weight excluding hydrogens is 368 g/mol. The van der Waals surface area contributed by atoms with E-state index in [4.69, 9.17) is 9.47 Å². The van der Waals surface area contributed by atoms with Crippen LogP contribution in [0.4, 0.5) is 0 Å². The van der Waals surface area contributed by atoms with E-state index in [-0.39, 0.29) is 18.9 Å². The number of ether oxygens (including phenoxy) is 2. The van der Waals surface area contributed by atoms with Crippen molar-refractivity contribution in [1.29, 1.82) is 0 Å². The van der Waals surface area contributed by atoms with Gasteiger partial charge in [0.15, 0.2) is 0 Å². The van der Waals surface area contributed by atoms with Gasteiger partial charge in [-0.3, -0.25) is 9.59 Å². The number of benzene rings is 1. The second-order valence-electron chi connectivity index (χ2n) is 6.01. The van der Waals surface area contributed by atoms with Gasteiger partial charge in [-0.2, -0.15) is 11.8 Å². The van der Waals surface area contributed by atoms with Crippen molar-refractivity contribution in [2.24, 2.45) is 0 Å². The van der Waals surface area contributed by atoms with Gasteiger partial charge < -0.3 is 20.1 Å². The number of nitrogens with one attached hydrogen (secondary N) is 2. The van der Waals surface area contributed by atoms with Gasteiger partial charge in [0, 0.05) is 11.8 Å². The molecule has 8 heteroatoms. The first-order valence-corrected chi connectivity index (χ1v) is 9.97. The molecule has 7 nitrogen and oxygen atoms in total. The van der Waals surface area contributed by atoms with Crippen molar-refractivity contribution in [3.8, 4) is 0 Å². The van der Waals surface area contributed by atoms with Crippen LogP contribution in [0.2, 0.25) is 0 Å². The van der Waals surface area contributed by atoms with Crippen molar-refractivity contribution < 1.29 is 23.9 Å². The lowest BCUT2D eigenvalue weighted by Crippen LogP contribution is -2.42. The first kappa shape index (κ1) is 20.8. The molecule has 0 saturated carbocycles. The van der Waals surface area contributed by atoms with E-state index in [9.17, 15) is 14.4 Å². The maximum Gasteiger partial charge on any atom is 0.328 e. The van der Waals surface area contributed by atoms with Crippen molar-refractivity contribution >= 4 is 29.6 Å². The van der Waals surface area contributed by atoms with E-state index >= 15 is 0 Å². The van der Waals surface area contributed by atoms with Gasteiger partial charge in [0.1, 0.15) is 12.6 Å². The molecule has 0 bridgehead atoms. The molecule has 0 saturated heterocycles. The molecule has 1 heterocycles. The minimum Gasteiger partial charge on any atom is -0.467 e. The zero-order chi connectivity index (χ0) is 19.6. The minimum absolute atomic E-state index is 0.0200. The highest BCUT2D eigenvalue weighted by molar-refractivity contribution is 7.98. The molecule has 0 aromatic heterocycles. The van der Waals surface area contributed by atoms with E-state index in [0.29, 0.717) is 12.1 Å². The van der Waals surface area contributed by atoms with Gasteiger partial charge >= 0.3 is 11.9 Å². The van der Waals surface area contributed by atoms with Gasteiger partial charge in [-0.1, -0.05) is 30.3 Å². The predicted octanol–water partition coefficient (Wildman–Crippen LogP) is 1.39. The molecule has 2 N–H and O–H groups in total. The number of esters is 2. The fourth-order valence-corrected chi connectivity index (χ4v) is 3.10. The normalized spacial score (nSPS) is 16.9. The quantitative estimate of drug-likeness (QED) is 0.581. The van der Waals surface area contributed by atoms with E-state index in [0.717, 1.165) is 11.3 Å². The third kappa shape index (κ3) is 6.63. The summed E-state index contributed by atoms with van der Waals surface area (Å²) in [5, 5.41) is 5.74. The Bertz CT molecular complexity index is 693. The average molecular weight is 392 g/mol. The van der Waals surface area contributed by atoms with Crippen LogP contribution >= 0.6 is 11.8 Å². The second-order valence-corrected chi connectivity index (χ2v) is 7.00. The number of amides is 1. The molecule has 1 aliphatic rings. The van der Waals surface area contributed by atoms with Crippen LogP contribution in [-0.2, 0) is 30.5 Å². The Labute approximate surface area is 162 Å². The topological polar surface area (TPSA) is 93.7 Å². The zero-order valence-electron chi connectivity index (χ0n) is 15.4. The van der Waals surface area contributed by atoms with Crippen molar-refractivity contribution in [3.05, 3.63) is 47.7 Å². The summed E-state index contributed by atoms with van der Waals surface area (Å²) >= 11 is 1.61. The number of methoxy groups -OCH3 is 1. The minimum atomic E-state index is -0.579. The molecule has 1 aromatic rings. The van der Waals surface area contributed by atoms with Crippen molar-refractivity contribution in [3.63, 3.8) is 0 Å². The highest BCUT2D eigenvalue weighted by Gasteiger charge is 2.30. The molecule has 2 rings (SSSR count). The molecule has 0 spiro atoms. The number of rotatable bonds is 10. The Morgan fingerprint density at radius 2 is 2.04 bits per heavy atom. The Morgan fingerprint density at radius 1 is 1.30 bits per heavy atom. The summed E-state index contributed by atoms with van der Waals surface area (Å²) in [5.41, 5.74) is 1.38. The Morgan fingerprint density at radius 3 is 2.70 bits per heavy atom. The van der Waals surface area contributed by atoms with Crippen molar-refractivity contribution in [1.82, 2.24) is 10.6 Å². The molecule has 146 valence electrons. The van der Waals surface area contributed by atoms with E-state index in [1.165, 1.54) is 13.2 Å². The Kier molecular flexibility index (Phi) is 8.19. The lowest BCUT2D eigenvalue weighted by Gasteiger charge is -2.22. The highest BCUT2D eigenvalue weighted by atomic mass is 32.2. The van der Waals surface area contributed by atoms with Gasteiger partial charge in [0.05, 0.1) is 19.6 Å². The zero-order valence-corrected chi connectivity index (χ0v) is 16.2. The largest absolute Gasteiger partial charge is 0.467 e. The molecule has 27 heavy (non-hydrogen) atoms. The van der Waals surface area contributed by atoms with Gasteiger partial charge in [-0.25, -0.2) is 4.79 Å². The van der Waals surface area contributed by atoms with Gasteiger partial charge in [-0.15, -0.1) is 0 Å². The van der Waals surface area contributed by atoms with Crippen LogP contribution in [0.3, 0.4) is 0 Å². The SMILES string of the molecule is COC(=O)[C@H](CCSC)NC1=CC(=O)N[C@H]1CC(=O)OCc1ccccc1. The van der Waals surface area contributed by atoms with E-state index in [1.807, 2.05) is 36.6 Å². The summed E-state index contributed by atoms with van der Waals surface area (Å²) in [6.07, 6.45) is 3.84. The molecular formula is C19H24N2O5S. The maximum absolute atomic E-state index is 12.1. The number of hydrogen-bond donors (Lipinski definition) is 2. The van der Waals surface area contributed by atoms with Crippen LogP contribution in [0.25, 0.3) is 0 Å². The van der Waals surface area contributed by atoms with Crippen LogP contribution in [0.15, 0.2) is 42.1 Å². The van der Waals surface area contributed by atoms with Crippen molar-refractivity contribution in [2.75, 3.05) is 19.1 Å². The lowest BCUT2D eigenvalue weighted by atomic mass is 10.1. The first-order valence-electron chi connectivity index (χ1n) is 8.58. The molecule has 0 unspecified atom stereocenters. The van der Waals surface area contributed by atoms with Crippen LogP contribution in [0.1, 0.15) is 18.4 Å². The summed E-state index contributed by atoms with van der Waals surface area (Å²) in [4.78, 5) is 35.9. The Hall–Kier alpha value is -2.48. The maximum atomic E-state index is 12.1. The van der Waals surface area contributed by atoms with E-state index in [1.54, 1.807) is 11.8 Å². The van der Waals surface area contributed by atoms with Gasteiger partial charge in [0.2, 0.25) is 5.91 Å².